The average Bonchev–Trinajstić information content (AvgIpc) is 2.64. The Morgan fingerprint density at radius 3 is 1.86 bits per heavy atom. The molecule has 0 amide bonds. The summed E-state index contributed by atoms with van der Waals surface area (Å²) in [6, 6.07) is 14.0. The Morgan fingerprint density at radius 1 is 0.714 bits per heavy atom. The summed E-state index contributed by atoms with van der Waals surface area (Å²) in [5, 5.41) is 2.30. The van der Waals surface area contributed by atoms with Crippen LogP contribution in [-0.2, 0) is 28.8 Å². The molecule has 2 aromatic carbocycles. The van der Waals surface area contributed by atoms with E-state index in [9.17, 15) is 13.0 Å². The largest absolute Gasteiger partial charge is 1.00 e. The van der Waals surface area contributed by atoms with E-state index in [1.165, 1.54) is 5.39 Å². The van der Waals surface area contributed by atoms with Gasteiger partial charge in [-0.15, -0.1) is 0 Å². The molecule has 10 heteroatoms. The van der Waals surface area contributed by atoms with Gasteiger partial charge in [0.1, 0.15) is 12.4 Å². The quantitative estimate of drug-likeness (QED) is 0.161. The zero-order valence-electron chi connectivity index (χ0n) is 15.9. The minimum absolute atomic E-state index is 0. The summed E-state index contributed by atoms with van der Waals surface area (Å²) in [6.45, 7) is 2.05. The zero-order valence-corrected chi connectivity index (χ0v) is 18.7. The standard InChI is InChI=1S/C18H24O8S.Na/c19-27(20,21)26-14-12-24-10-8-22-7-9-23-11-13-25-18-6-5-16-3-1-2-4-17(16)15-18;/h1-6,15H,7-14H2,(H,19,20,21);/q;+1/p-1. The summed E-state index contributed by atoms with van der Waals surface area (Å²) < 4.78 is 55.9. The fraction of sp³-hybridized carbons (Fsp3) is 0.444. The van der Waals surface area contributed by atoms with Crippen LogP contribution in [0.4, 0.5) is 0 Å². The Bertz CT molecular complexity index is 784. The second-order valence-corrected chi connectivity index (χ2v) is 6.48. The van der Waals surface area contributed by atoms with Crippen molar-refractivity contribution in [1.29, 1.82) is 0 Å². The van der Waals surface area contributed by atoms with Crippen molar-refractivity contribution in [3.8, 4) is 5.75 Å². The van der Waals surface area contributed by atoms with Gasteiger partial charge in [-0.2, -0.15) is 0 Å². The zero-order chi connectivity index (χ0) is 19.4. The number of hydrogen-bond donors (Lipinski definition) is 0. The van der Waals surface area contributed by atoms with E-state index in [4.69, 9.17) is 18.9 Å². The minimum atomic E-state index is -4.65. The molecule has 0 atom stereocenters. The molecule has 0 bridgehead atoms. The molecule has 150 valence electrons. The van der Waals surface area contributed by atoms with Crippen molar-refractivity contribution in [3.63, 3.8) is 0 Å². The maximum atomic E-state index is 10.2. The van der Waals surface area contributed by atoms with Crippen molar-refractivity contribution in [2.24, 2.45) is 0 Å². The molecule has 0 spiro atoms. The van der Waals surface area contributed by atoms with Crippen LogP contribution in [0.3, 0.4) is 0 Å². The Kier molecular flexibility index (Phi) is 12.9. The monoisotopic (exact) mass is 422 g/mol. The maximum Gasteiger partial charge on any atom is 1.00 e. The SMILES string of the molecule is O=S(=O)([O-])OCCOCCOCCOCCOc1ccc2ccccc2c1.[Na+]. The second kappa shape index (κ2) is 14.3. The van der Waals surface area contributed by atoms with E-state index in [2.05, 4.69) is 10.2 Å². The average molecular weight is 422 g/mol. The van der Waals surface area contributed by atoms with E-state index in [0.717, 1.165) is 11.1 Å². The molecule has 0 N–H and O–H groups in total. The molecule has 0 aromatic heterocycles. The number of ether oxygens (including phenoxy) is 4. The van der Waals surface area contributed by atoms with Crippen molar-refractivity contribution in [1.82, 2.24) is 0 Å². The first-order valence-electron chi connectivity index (χ1n) is 8.50. The van der Waals surface area contributed by atoms with Gasteiger partial charge in [0.05, 0.1) is 46.2 Å². The van der Waals surface area contributed by atoms with E-state index in [0.29, 0.717) is 33.0 Å². The number of hydrogen-bond acceptors (Lipinski definition) is 8. The molecule has 0 aliphatic rings. The Balaban J connectivity index is 0.00000392. The normalized spacial score (nSPS) is 11.3. The molecule has 0 fully saturated rings. The van der Waals surface area contributed by atoms with Gasteiger partial charge >= 0.3 is 29.6 Å². The fourth-order valence-electron chi connectivity index (χ4n) is 2.21. The fourth-order valence-corrected chi connectivity index (χ4v) is 2.48. The third-order valence-corrected chi connectivity index (χ3v) is 3.87. The van der Waals surface area contributed by atoms with Crippen LogP contribution in [0.1, 0.15) is 0 Å². The predicted molar refractivity (Wildman–Crippen MR) is 97.5 cm³/mol. The van der Waals surface area contributed by atoms with Crippen LogP contribution in [0.15, 0.2) is 42.5 Å². The van der Waals surface area contributed by atoms with E-state index in [1.807, 2.05) is 36.4 Å². The van der Waals surface area contributed by atoms with Crippen LogP contribution in [0.2, 0.25) is 0 Å². The topological polar surface area (TPSA) is 103 Å². The van der Waals surface area contributed by atoms with Gasteiger partial charge in [-0.25, -0.2) is 8.42 Å². The molecule has 0 radical (unpaired) electrons. The van der Waals surface area contributed by atoms with Crippen molar-refractivity contribution in [2.45, 2.75) is 0 Å². The van der Waals surface area contributed by atoms with Gasteiger partial charge in [-0.05, 0) is 22.9 Å². The first-order chi connectivity index (χ1) is 13.0. The summed E-state index contributed by atoms with van der Waals surface area (Å²) in [7, 11) is -4.65. The van der Waals surface area contributed by atoms with E-state index in [1.54, 1.807) is 0 Å². The van der Waals surface area contributed by atoms with Gasteiger partial charge in [0.2, 0.25) is 10.4 Å². The van der Waals surface area contributed by atoms with Crippen molar-refractivity contribution >= 4 is 21.2 Å². The molecule has 28 heavy (non-hydrogen) atoms. The Morgan fingerprint density at radius 2 is 1.25 bits per heavy atom. The molecule has 0 saturated heterocycles. The van der Waals surface area contributed by atoms with E-state index < -0.39 is 10.4 Å². The molecular weight excluding hydrogens is 399 g/mol. The second-order valence-electron chi connectivity index (χ2n) is 5.42. The summed E-state index contributed by atoms with van der Waals surface area (Å²) in [6.07, 6.45) is 0. The van der Waals surface area contributed by atoms with Crippen LogP contribution in [0.25, 0.3) is 10.8 Å². The van der Waals surface area contributed by atoms with Crippen LogP contribution in [-0.4, -0.2) is 65.8 Å². The molecule has 0 aliphatic carbocycles. The molecule has 0 saturated carbocycles. The van der Waals surface area contributed by atoms with Crippen LogP contribution in [0.5, 0.6) is 5.75 Å². The van der Waals surface area contributed by atoms with Crippen LogP contribution >= 0.6 is 0 Å². The third kappa shape index (κ3) is 11.3. The van der Waals surface area contributed by atoms with Gasteiger partial charge < -0.3 is 23.5 Å². The Hall–Kier alpha value is -0.750. The first kappa shape index (κ1) is 25.3. The van der Waals surface area contributed by atoms with Crippen LogP contribution in [0, 0.1) is 0 Å². The number of benzene rings is 2. The van der Waals surface area contributed by atoms with Gasteiger partial charge in [-0.1, -0.05) is 30.3 Å². The summed E-state index contributed by atoms with van der Waals surface area (Å²) in [5.41, 5.74) is 0. The molecule has 2 rings (SSSR count). The molecule has 8 nitrogen and oxygen atoms in total. The Labute approximate surface area is 187 Å². The molecule has 0 heterocycles. The molecular formula is C18H23NaO8S. The van der Waals surface area contributed by atoms with E-state index in [-0.39, 0.29) is 49.4 Å². The summed E-state index contributed by atoms with van der Waals surface area (Å²) in [5.74, 6) is 0.805. The number of fused-ring (bicyclic) bond motifs is 1. The summed E-state index contributed by atoms with van der Waals surface area (Å²) in [4.78, 5) is 0. The van der Waals surface area contributed by atoms with Crippen LogP contribution < -0.4 is 34.3 Å². The predicted octanol–water partition coefficient (Wildman–Crippen LogP) is -1.25. The van der Waals surface area contributed by atoms with Crippen molar-refractivity contribution in [2.75, 3.05) is 52.9 Å². The van der Waals surface area contributed by atoms with Gasteiger partial charge in [0, 0.05) is 0 Å². The first-order valence-corrected chi connectivity index (χ1v) is 9.83. The van der Waals surface area contributed by atoms with Crippen molar-refractivity contribution in [3.05, 3.63) is 42.5 Å². The van der Waals surface area contributed by atoms with Crippen molar-refractivity contribution < 1.29 is 65.7 Å². The third-order valence-electron chi connectivity index (χ3n) is 3.42. The van der Waals surface area contributed by atoms with Gasteiger partial charge in [0.15, 0.2) is 0 Å². The summed E-state index contributed by atoms with van der Waals surface area (Å²) >= 11 is 0. The smallest absolute Gasteiger partial charge is 0.726 e. The molecule has 0 unspecified atom stereocenters. The maximum absolute atomic E-state index is 10.2. The number of rotatable bonds is 14. The van der Waals surface area contributed by atoms with Gasteiger partial charge in [-0.3, -0.25) is 4.18 Å². The minimum Gasteiger partial charge on any atom is -0.726 e. The molecule has 2 aromatic rings. The van der Waals surface area contributed by atoms with E-state index >= 15 is 0 Å². The molecule has 0 aliphatic heterocycles. The van der Waals surface area contributed by atoms with Gasteiger partial charge in [0.25, 0.3) is 0 Å².